The Morgan fingerprint density at radius 2 is 1.68 bits per heavy atom. The molecule has 0 spiro atoms. The van der Waals surface area contributed by atoms with Gasteiger partial charge in [0.15, 0.2) is 11.4 Å². The Balaban J connectivity index is 4.87. The van der Waals surface area contributed by atoms with Crippen molar-refractivity contribution in [1.29, 1.82) is 0 Å². The summed E-state index contributed by atoms with van der Waals surface area (Å²) in [6.45, 7) is 2.12. The van der Waals surface area contributed by atoms with Crippen LogP contribution in [-0.4, -0.2) is 59.7 Å². The van der Waals surface area contributed by atoms with Gasteiger partial charge in [0.2, 0.25) is 0 Å². The van der Waals surface area contributed by atoms with Crippen molar-refractivity contribution in [3.8, 4) is 0 Å². The maximum absolute atomic E-state index is 12.2. The number of likely N-dealkylation sites (N-methyl/N-ethyl adjacent to an activating group) is 1. The van der Waals surface area contributed by atoms with E-state index in [9.17, 15) is 14.7 Å². The molecular weight excluding hydrogens is 282 g/mol. The lowest BCUT2D eigenvalue weighted by Crippen LogP contribution is -2.54. The van der Waals surface area contributed by atoms with Gasteiger partial charge in [0.25, 0.3) is 0 Å². The number of carbonyl (C=O) groups is 2. The Hall–Kier alpha value is -1.72. The molecule has 5 heteroatoms. The van der Waals surface area contributed by atoms with E-state index in [1.807, 2.05) is 12.2 Å². The van der Waals surface area contributed by atoms with E-state index in [-0.39, 0.29) is 6.54 Å². The monoisotopic (exact) mass is 310 g/mol. The molecule has 1 unspecified atom stereocenters. The second kappa shape index (κ2) is 9.33. The minimum absolute atomic E-state index is 0.0303. The third-order valence-electron chi connectivity index (χ3n) is 2.81. The van der Waals surface area contributed by atoms with Crippen LogP contribution in [0.4, 0.5) is 0 Å². The van der Waals surface area contributed by atoms with Gasteiger partial charge in [-0.3, -0.25) is 9.59 Å². The molecule has 0 fully saturated rings. The maximum atomic E-state index is 12.2. The van der Waals surface area contributed by atoms with E-state index in [1.165, 1.54) is 12.2 Å². The van der Waals surface area contributed by atoms with Crippen LogP contribution in [0.2, 0.25) is 0 Å². The van der Waals surface area contributed by atoms with Gasteiger partial charge in [-0.2, -0.15) is 0 Å². The van der Waals surface area contributed by atoms with E-state index >= 15 is 0 Å². The van der Waals surface area contributed by atoms with E-state index in [4.69, 9.17) is 5.11 Å². The summed E-state index contributed by atoms with van der Waals surface area (Å²) in [5.74, 6) is -1.79. The van der Waals surface area contributed by atoms with E-state index < -0.39 is 23.8 Å². The Morgan fingerprint density at radius 1 is 1.09 bits per heavy atom. The first-order valence-corrected chi connectivity index (χ1v) is 7.39. The van der Waals surface area contributed by atoms with Gasteiger partial charge in [-0.05, 0) is 12.5 Å². The van der Waals surface area contributed by atoms with Crippen molar-refractivity contribution in [2.75, 3.05) is 27.7 Å². The Labute approximate surface area is 132 Å². The van der Waals surface area contributed by atoms with E-state index in [0.29, 0.717) is 4.48 Å². The highest BCUT2D eigenvalue weighted by molar-refractivity contribution is 5.99. The summed E-state index contributed by atoms with van der Waals surface area (Å²) in [4.78, 5) is 23.1. The molecule has 5 nitrogen and oxygen atoms in total. The zero-order valence-corrected chi connectivity index (χ0v) is 14.0. The molecule has 0 aliphatic heterocycles. The molecule has 0 heterocycles. The number of allylic oxidation sites excluding steroid dienone is 5. The normalized spacial score (nSPS) is 15.7. The van der Waals surface area contributed by atoms with Crippen molar-refractivity contribution < 1.29 is 24.3 Å². The first kappa shape index (κ1) is 20.3. The van der Waals surface area contributed by atoms with E-state index in [2.05, 4.69) is 6.92 Å². The summed E-state index contributed by atoms with van der Waals surface area (Å²) < 4.78 is 0.291. The Bertz CT molecular complexity index is 458. The Kier molecular flexibility index (Phi) is 8.60. The lowest BCUT2D eigenvalue weighted by Gasteiger charge is -2.33. The average molecular weight is 310 g/mol. The second-order valence-electron chi connectivity index (χ2n) is 6.38. The first-order chi connectivity index (χ1) is 10.1. The smallest absolute Gasteiger partial charge is 0.307 e. The van der Waals surface area contributed by atoms with Gasteiger partial charge < -0.3 is 14.7 Å². The number of unbranched alkanes of at least 4 members (excludes halogenated alkanes) is 1. The fourth-order valence-corrected chi connectivity index (χ4v) is 2.02. The first-order valence-electron chi connectivity index (χ1n) is 7.39. The largest absolute Gasteiger partial charge is 0.481 e. The highest BCUT2D eigenvalue weighted by Crippen LogP contribution is 2.17. The molecule has 0 aromatic carbocycles. The minimum atomic E-state index is -1.90. The molecule has 0 aromatic rings. The van der Waals surface area contributed by atoms with Crippen molar-refractivity contribution in [2.24, 2.45) is 0 Å². The number of ketones is 1. The second-order valence-corrected chi connectivity index (χ2v) is 6.38. The van der Waals surface area contributed by atoms with Crippen LogP contribution in [0, 0.1) is 0 Å². The highest BCUT2D eigenvalue weighted by Gasteiger charge is 2.41. The summed E-state index contributed by atoms with van der Waals surface area (Å²) >= 11 is 0. The van der Waals surface area contributed by atoms with Crippen molar-refractivity contribution in [3.63, 3.8) is 0 Å². The van der Waals surface area contributed by atoms with Crippen LogP contribution in [0.3, 0.4) is 0 Å². The number of quaternary nitrogens is 1. The molecule has 0 amide bonds. The lowest BCUT2D eigenvalue weighted by molar-refractivity contribution is -0.875. The third-order valence-corrected chi connectivity index (χ3v) is 2.81. The van der Waals surface area contributed by atoms with Crippen LogP contribution in [0.15, 0.2) is 36.5 Å². The number of aliphatic carboxylic acids is 1. The molecule has 0 aliphatic rings. The van der Waals surface area contributed by atoms with Crippen LogP contribution in [-0.2, 0) is 9.59 Å². The van der Waals surface area contributed by atoms with Crippen molar-refractivity contribution >= 4 is 11.8 Å². The zero-order chi connectivity index (χ0) is 17.2. The number of carbonyl (C=O) groups excluding carboxylic acids is 1. The number of hydrogen-bond donors (Lipinski definition) is 2. The van der Waals surface area contributed by atoms with Gasteiger partial charge in [0.1, 0.15) is 6.54 Å². The molecule has 0 saturated carbocycles. The SMILES string of the molecule is CCCC=CC=CC=CC(=O)C(O)(CC(=O)O)C[N+](C)(C)C. The van der Waals surface area contributed by atoms with Crippen LogP contribution < -0.4 is 0 Å². The summed E-state index contributed by atoms with van der Waals surface area (Å²) in [7, 11) is 5.38. The molecule has 2 N–H and O–H groups in total. The van der Waals surface area contributed by atoms with Gasteiger partial charge in [0, 0.05) is 0 Å². The summed E-state index contributed by atoms with van der Waals surface area (Å²) in [6.07, 6.45) is 11.6. The molecule has 1 atom stereocenters. The number of nitrogens with zero attached hydrogens (tertiary/aromatic N) is 1. The quantitative estimate of drug-likeness (QED) is 0.367. The van der Waals surface area contributed by atoms with Gasteiger partial charge >= 0.3 is 5.97 Å². The topological polar surface area (TPSA) is 74.6 Å². The number of carboxylic acids is 1. The van der Waals surface area contributed by atoms with Crippen LogP contribution in [0.25, 0.3) is 0 Å². The van der Waals surface area contributed by atoms with Gasteiger partial charge in [-0.1, -0.05) is 43.7 Å². The van der Waals surface area contributed by atoms with Crippen molar-refractivity contribution in [2.45, 2.75) is 31.8 Å². The minimum Gasteiger partial charge on any atom is -0.481 e. The average Bonchev–Trinajstić information content (AvgIpc) is 2.34. The van der Waals surface area contributed by atoms with E-state index in [0.717, 1.165) is 12.8 Å². The highest BCUT2D eigenvalue weighted by atomic mass is 16.4. The van der Waals surface area contributed by atoms with Gasteiger partial charge in [0.05, 0.1) is 27.6 Å². The lowest BCUT2D eigenvalue weighted by atomic mass is 9.92. The fourth-order valence-electron chi connectivity index (χ4n) is 2.02. The van der Waals surface area contributed by atoms with Crippen LogP contribution >= 0.6 is 0 Å². The molecule has 0 bridgehead atoms. The number of hydrogen-bond acceptors (Lipinski definition) is 3. The molecule has 0 radical (unpaired) electrons. The number of carboxylic acid groups (broad SMARTS) is 1. The number of rotatable bonds is 10. The maximum Gasteiger partial charge on any atom is 0.307 e. The third kappa shape index (κ3) is 9.26. The molecular formula is C17H28NO4+. The standard InChI is InChI=1S/C17H27NO4/c1-5-6-7-8-9-10-11-12-15(19)17(22,13-16(20)21)14-18(2,3)4/h7-12,22H,5-6,13-14H2,1-4H3/p+1. The predicted octanol–water partition coefficient (Wildman–Crippen LogP) is 1.94. The van der Waals surface area contributed by atoms with E-state index in [1.54, 1.807) is 33.3 Å². The van der Waals surface area contributed by atoms with Gasteiger partial charge in [-0.15, -0.1) is 0 Å². The Morgan fingerprint density at radius 3 is 2.18 bits per heavy atom. The van der Waals surface area contributed by atoms with Crippen molar-refractivity contribution in [1.82, 2.24) is 0 Å². The number of aliphatic hydroxyl groups is 1. The van der Waals surface area contributed by atoms with Crippen LogP contribution in [0.1, 0.15) is 26.2 Å². The van der Waals surface area contributed by atoms with Gasteiger partial charge in [-0.25, -0.2) is 0 Å². The molecule has 22 heavy (non-hydrogen) atoms. The zero-order valence-electron chi connectivity index (χ0n) is 14.0. The summed E-state index contributed by atoms with van der Waals surface area (Å²) in [6, 6.07) is 0. The molecule has 0 saturated heterocycles. The summed E-state index contributed by atoms with van der Waals surface area (Å²) in [5.41, 5.74) is -1.90. The van der Waals surface area contributed by atoms with Crippen molar-refractivity contribution in [3.05, 3.63) is 36.5 Å². The fraction of sp³-hybridized carbons (Fsp3) is 0.529. The molecule has 0 aliphatic carbocycles. The molecule has 0 rings (SSSR count). The molecule has 124 valence electrons. The molecule has 0 aromatic heterocycles. The van der Waals surface area contributed by atoms with Crippen LogP contribution in [0.5, 0.6) is 0 Å². The summed E-state index contributed by atoms with van der Waals surface area (Å²) in [5, 5.41) is 19.3. The predicted molar refractivity (Wildman–Crippen MR) is 87.4 cm³/mol.